The SMILES string of the molecule is O=C(NCC1CCCO1)c1c[nH]c(-c2ccc(C(F)(F)F)cc2)c1-c1ccccc1[N+](=O)[O-]. The molecule has 0 aliphatic carbocycles. The number of halogens is 3. The summed E-state index contributed by atoms with van der Waals surface area (Å²) in [6, 6.07) is 10.3. The molecular formula is C23H20F3N3O4. The topological polar surface area (TPSA) is 97.3 Å². The first-order chi connectivity index (χ1) is 15.8. The lowest BCUT2D eigenvalue weighted by Gasteiger charge is -2.13. The first kappa shape index (κ1) is 22.5. The van der Waals surface area contributed by atoms with Crippen LogP contribution in [0, 0.1) is 10.1 Å². The highest BCUT2D eigenvalue weighted by atomic mass is 19.4. The Bertz CT molecular complexity index is 1170. The average molecular weight is 459 g/mol. The van der Waals surface area contributed by atoms with E-state index in [2.05, 4.69) is 10.3 Å². The number of nitrogens with one attached hydrogen (secondary N) is 2. The minimum Gasteiger partial charge on any atom is -0.376 e. The molecule has 2 aromatic carbocycles. The molecule has 172 valence electrons. The quantitative estimate of drug-likeness (QED) is 0.392. The summed E-state index contributed by atoms with van der Waals surface area (Å²) in [6.45, 7) is 0.917. The van der Waals surface area contributed by atoms with Crippen molar-refractivity contribution >= 4 is 11.6 Å². The number of carbonyl (C=O) groups is 1. The van der Waals surface area contributed by atoms with Gasteiger partial charge >= 0.3 is 6.18 Å². The number of hydrogen-bond acceptors (Lipinski definition) is 4. The zero-order valence-electron chi connectivity index (χ0n) is 17.3. The van der Waals surface area contributed by atoms with E-state index in [-0.39, 0.29) is 35.0 Å². The van der Waals surface area contributed by atoms with E-state index in [9.17, 15) is 28.1 Å². The Hall–Kier alpha value is -3.66. The summed E-state index contributed by atoms with van der Waals surface area (Å²) in [5, 5.41) is 14.4. The van der Waals surface area contributed by atoms with Crippen molar-refractivity contribution in [2.45, 2.75) is 25.1 Å². The number of hydrogen-bond donors (Lipinski definition) is 2. The standard InChI is InChI=1S/C23H20F3N3O4/c24-23(25,26)15-9-7-14(8-10-15)21-20(17-5-1-2-6-19(17)29(31)32)18(13-27-21)22(30)28-12-16-4-3-11-33-16/h1-2,5-10,13,16,27H,3-4,11-12H2,(H,28,30). The van der Waals surface area contributed by atoms with Crippen molar-refractivity contribution in [3.05, 3.63) is 76.0 Å². The lowest BCUT2D eigenvalue weighted by atomic mass is 9.95. The van der Waals surface area contributed by atoms with Crippen molar-refractivity contribution < 1.29 is 27.6 Å². The molecule has 10 heteroatoms. The second-order valence-corrected chi connectivity index (χ2v) is 7.65. The van der Waals surface area contributed by atoms with E-state index in [1.54, 1.807) is 6.07 Å². The van der Waals surface area contributed by atoms with E-state index in [1.807, 2.05) is 0 Å². The van der Waals surface area contributed by atoms with Crippen molar-refractivity contribution in [1.29, 1.82) is 0 Å². The number of carbonyl (C=O) groups excluding carboxylic acids is 1. The van der Waals surface area contributed by atoms with Crippen LogP contribution < -0.4 is 5.32 Å². The Morgan fingerprint density at radius 3 is 2.55 bits per heavy atom. The van der Waals surface area contributed by atoms with Crippen LogP contribution in [0.15, 0.2) is 54.7 Å². The van der Waals surface area contributed by atoms with E-state index in [1.165, 1.54) is 36.5 Å². The van der Waals surface area contributed by atoms with Gasteiger partial charge in [-0.1, -0.05) is 24.3 Å². The van der Waals surface area contributed by atoms with Gasteiger partial charge in [0.25, 0.3) is 11.6 Å². The summed E-state index contributed by atoms with van der Waals surface area (Å²) < 4.78 is 44.5. The maximum absolute atomic E-state index is 13.0. The van der Waals surface area contributed by atoms with Crippen LogP contribution in [0.25, 0.3) is 22.4 Å². The zero-order chi connectivity index (χ0) is 23.6. The molecule has 1 amide bonds. The molecule has 1 fully saturated rings. The monoisotopic (exact) mass is 459 g/mol. The number of aromatic nitrogens is 1. The first-order valence-corrected chi connectivity index (χ1v) is 10.3. The molecule has 33 heavy (non-hydrogen) atoms. The molecule has 0 radical (unpaired) electrons. The number of nitro groups is 1. The van der Waals surface area contributed by atoms with E-state index < -0.39 is 22.6 Å². The Labute approximate surface area is 186 Å². The molecular weight excluding hydrogens is 439 g/mol. The second kappa shape index (κ2) is 9.07. The third-order valence-corrected chi connectivity index (χ3v) is 5.51. The molecule has 1 saturated heterocycles. The zero-order valence-corrected chi connectivity index (χ0v) is 17.3. The predicted octanol–water partition coefficient (Wildman–Crippen LogP) is 5.18. The van der Waals surface area contributed by atoms with Gasteiger partial charge in [0.05, 0.1) is 33.4 Å². The number of nitro benzene ring substituents is 1. The van der Waals surface area contributed by atoms with Gasteiger partial charge < -0.3 is 15.0 Å². The maximum atomic E-state index is 13.0. The van der Waals surface area contributed by atoms with Crippen molar-refractivity contribution in [1.82, 2.24) is 10.3 Å². The minimum atomic E-state index is -4.50. The third kappa shape index (κ3) is 4.75. The summed E-state index contributed by atoms with van der Waals surface area (Å²) in [4.78, 5) is 27.0. The highest BCUT2D eigenvalue weighted by Gasteiger charge is 2.31. The Kier molecular flexibility index (Phi) is 6.19. The van der Waals surface area contributed by atoms with Crippen molar-refractivity contribution in [3.63, 3.8) is 0 Å². The molecule has 0 spiro atoms. The van der Waals surface area contributed by atoms with Gasteiger partial charge in [0, 0.05) is 31.0 Å². The molecule has 2 heterocycles. The van der Waals surface area contributed by atoms with Gasteiger partial charge in [-0.25, -0.2) is 0 Å². The van der Waals surface area contributed by atoms with Gasteiger partial charge in [-0.3, -0.25) is 14.9 Å². The van der Waals surface area contributed by atoms with Crippen molar-refractivity contribution in [2.24, 2.45) is 0 Å². The summed E-state index contributed by atoms with van der Waals surface area (Å²) >= 11 is 0. The fourth-order valence-electron chi connectivity index (χ4n) is 3.89. The number of nitrogens with zero attached hydrogens (tertiary/aromatic N) is 1. The van der Waals surface area contributed by atoms with Crippen molar-refractivity contribution in [3.8, 4) is 22.4 Å². The molecule has 1 atom stereocenters. The predicted molar refractivity (Wildman–Crippen MR) is 115 cm³/mol. The Morgan fingerprint density at radius 1 is 1.18 bits per heavy atom. The molecule has 0 bridgehead atoms. The molecule has 0 saturated carbocycles. The Morgan fingerprint density at radius 2 is 1.91 bits per heavy atom. The number of ether oxygens (including phenoxy) is 1. The smallest absolute Gasteiger partial charge is 0.376 e. The van der Waals surface area contributed by atoms with Gasteiger partial charge in [-0.2, -0.15) is 13.2 Å². The fraction of sp³-hybridized carbons (Fsp3) is 0.261. The van der Waals surface area contributed by atoms with Crippen LogP contribution in [0.5, 0.6) is 0 Å². The van der Waals surface area contributed by atoms with E-state index in [4.69, 9.17) is 4.74 Å². The number of para-hydroxylation sites is 1. The summed E-state index contributed by atoms with van der Waals surface area (Å²) in [6.07, 6.45) is -1.46. The molecule has 1 aliphatic heterocycles. The summed E-state index contributed by atoms with van der Waals surface area (Å²) in [5.41, 5.74) is 0.192. The molecule has 2 N–H and O–H groups in total. The second-order valence-electron chi connectivity index (χ2n) is 7.65. The average Bonchev–Trinajstić information content (AvgIpc) is 3.47. The minimum absolute atomic E-state index is 0.100. The fourth-order valence-corrected chi connectivity index (χ4v) is 3.89. The molecule has 1 aromatic heterocycles. The Balaban J connectivity index is 1.77. The van der Waals surface area contributed by atoms with E-state index >= 15 is 0 Å². The van der Waals surface area contributed by atoms with E-state index in [0.717, 1.165) is 25.0 Å². The highest BCUT2D eigenvalue weighted by molar-refractivity contribution is 6.05. The van der Waals surface area contributed by atoms with Crippen LogP contribution >= 0.6 is 0 Å². The normalized spacial score (nSPS) is 16.0. The number of aromatic amines is 1. The van der Waals surface area contributed by atoms with Gasteiger partial charge in [0.15, 0.2) is 0 Å². The van der Waals surface area contributed by atoms with Crippen LogP contribution in [-0.2, 0) is 10.9 Å². The molecule has 4 rings (SSSR count). The van der Waals surface area contributed by atoms with Crippen LogP contribution in [0.2, 0.25) is 0 Å². The van der Waals surface area contributed by atoms with Crippen molar-refractivity contribution in [2.75, 3.05) is 13.2 Å². The first-order valence-electron chi connectivity index (χ1n) is 10.3. The number of rotatable bonds is 6. The summed E-state index contributed by atoms with van der Waals surface area (Å²) in [5.74, 6) is -0.465. The van der Waals surface area contributed by atoms with Crippen LogP contribution in [0.1, 0.15) is 28.8 Å². The lowest BCUT2D eigenvalue weighted by molar-refractivity contribution is -0.384. The number of amides is 1. The van der Waals surface area contributed by atoms with Crippen LogP contribution in [0.3, 0.4) is 0 Å². The lowest BCUT2D eigenvalue weighted by Crippen LogP contribution is -2.31. The maximum Gasteiger partial charge on any atom is 0.416 e. The van der Waals surface area contributed by atoms with Crippen LogP contribution in [0.4, 0.5) is 18.9 Å². The van der Waals surface area contributed by atoms with Crippen LogP contribution in [-0.4, -0.2) is 35.1 Å². The van der Waals surface area contributed by atoms with E-state index in [0.29, 0.717) is 17.9 Å². The largest absolute Gasteiger partial charge is 0.416 e. The summed E-state index contributed by atoms with van der Waals surface area (Å²) in [7, 11) is 0. The molecule has 7 nitrogen and oxygen atoms in total. The number of benzene rings is 2. The number of H-pyrrole nitrogens is 1. The van der Waals surface area contributed by atoms with Gasteiger partial charge in [-0.05, 0) is 36.6 Å². The van der Waals surface area contributed by atoms with Gasteiger partial charge in [0.1, 0.15) is 0 Å². The molecule has 1 aliphatic rings. The number of alkyl halides is 3. The van der Waals surface area contributed by atoms with Gasteiger partial charge in [-0.15, -0.1) is 0 Å². The van der Waals surface area contributed by atoms with Gasteiger partial charge in [0.2, 0.25) is 0 Å². The molecule has 1 unspecified atom stereocenters. The third-order valence-electron chi connectivity index (χ3n) is 5.51. The molecule has 3 aromatic rings. The highest BCUT2D eigenvalue weighted by Crippen LogP contribution is 2.40.